The summed E-state index contributed by atoms with van der Waals surface area (Å²) in [6.07, 6.45) is 1.82. The number of nitrogens with zero attached hydrogens (tertiary/aromatic N) is 1. The zero-order chi connectivity index (χ0) is 24.9. The molecule has 7 heteroatoms. The molecule has 1 fully saturated rings. The number of amidine groups is 1. The van der Waals surface area contributed by atoms with Gasteiger partial charge in [-0.3, -0.25) is 4.79 Å². The Labute approximate surface area is 218 Å². The second-order valence-corrected chi connectivity index (χ2v) is 9.47. The maximum Gasteiger partial charge on any atom is 0.264 e. The predicted octanol–water partition coefficient (Wildman–Crippen LogP) is 7.36. The van der Waals surface area contributed by atoms with Gasteiger partial charge in [0.15, 0.2) is 16.7 Å². The number of fused-ring (bicyclic) bond motifs is 1. The lowest BCUT2D eigenvalue weighted by Gasteiger charge is -2.13. The molecule has 1 N–H and O–H groups in total. The predicted molar refractivity (Wildman–Crippen MR) is 148 cm³/mol. The molecule has 5 nitrogen and oxygen atoms in total. The van der Waals surface area contributed by atoms with E-state index in [4.69, 9.17) is 21.1 Å². The molecule has 0 atom stereocenters. The molecule has 1 amide bonds. The summed E-state index contributed by atoms with van der Waals surface area (Å²) in [7, 11) is 0. The fourth-order valence-electron chi connectivity index (χ4n) is 3.77. The molecule has 0 spiro atoms. The molecule has 0 saturated carbocycles. The van der Waals surface area contributed by atoms with Crippen LogP contribution >= 0.6 is 23.4 Å². The number of rotatable bonds is 7. The lowest BCUT2D eigenvalue weighted by molar-refractivity contribution is -0.115. The first-order valence-electron chi connectivity index (χ1n) is 11.5. The molecule has 1 aliphatic heterocycles. The molecule has 4 aromatic rings. The van der Waals surface area contributed by atoms with Crippen molar-refractivity contribution < 1.29 is 14.3 Å². The maximum atomic E-state index is 12.6. The van der Waals surface area contributed by atoms with Gasteiger partial charge in [-0.25, -0.2) is 4.99 Å². The van der Waals surface area contributed by atoms with Crippen molar-refractivity contribution >= 4 is 57.0 Å². The maximum absolute atomic E-state index is 12.6. The number of amides is 1. The minimum Gasteiger partial charge on any atom is -0.490 e. The Hall–Kier alpha value is -3.74. The van der Waals surface area contributed by atoms with Gasteiger partial charge in [0.25, 0.3) is 5.91 Å². The normalized spacial score (nSPS) is 15.4. The summed E-state index contributed by atoms with van der Waals surface area (Å²) >= 11 is 7.56. The zero-order valence-electron chi connectivity index (χ0n) is 19.5. The largest absolute Gasteiger partial charge is 0.490 e. The number of halogens is 1. The Bertz CT molecular complexity index is 1500. The summed E-state index contributed by atoms with van der Waals surface area (Å²) in [5, 5.41) is 6.30. The molecule has 0 bridgehead atoms. The first-order valence-corrected chi connectivity index (χ1v) is 12.7. The van der Waals surface area contributed by atoms with Crippen LogP contribution in [-0.2, 0) is 11.4 Å². The molecule has 0 aromatic heterocycles. The molecule has 0 aliphatic carbocycles. The molecular formula is C29H23ClN2O3S. The average molecular weight is 515 g/mol. The molecular weight excluding hydrogens is 492 g/mol. The van der Waals surface area contributed by atoms with Crippen LogP contribution in [0.5, 0.6) is 11.5 Å². The molecule has 5 rings (SSSR count). The van der Waals surface area contributed by atoms with E-state index < -0.39 is 0 Å². The fraction of sp³-hybridized carbons (Fsp3) is 0.103. The second kappa shape index (κ2) is 10.9. The van der Waals surface area contributed by atoms with Gasteiger partial charge < -0.3 is 14.8 Å². The van der Waals surface area contributed by atoms with E-state index in [9.17, 15) is 4.79 Å². The highest BCUT2D eigenvalue weighted by Gasteiger charge is 2.24. The Morgan fingerprint density at radius 1 is 0.917 bits per heavy atom. The monoisotopic (exact) mass is 514 g/mol. The highest BCUT2D eigenvalue weighted by Crippen LogP contribution is 2.33. The van der Waals surface area contributed by atoms with Gasteiger partial charge in [-0.2, -0.15) is 0 Å². The smallest absolute Gasteiger partial charge is 0.264 e. The van der Waals surface area contributed by atoms with Crippen LogP contribution in [0.1, 0.15) is 18.1 Å². The molecule has 0 unspecified atom stereocenters. The van der Waals surface area contributed by atoms with Crippen molar-refractivity contribution in [3.63, 3.8) is 0 Å². The summed E-state index contributed by atoms with van der Waals surface area (Å²) in [6, 6.07) is 27.2. The van der Waals surface area contributed by atoms with Crippen LogP contribution in [0.25, 0.3) is 16.8 Å². The summed E-state index contributed by atoms with van der Waals surface area (Å²) < 4.78 is 11.8. The number of thioether (sulfide) groups is 1. The number of aliphatic imine (C=N–C) groups is 1. The minimum atomic E-state index is -0.184. The van der Waals surface area contributed by atoms with E-state index in [1.165, 1.54) is 11.8 Å². The van der Waals surface area contributed by atoms with Crippen molar-refractivity contribution in [1.29, 1.82) is 0 Å². The van der Waals surface area contributed by atoms with Crippen LogP contribution in [0, 0.1) is 0 Å². The number of benzene rings is 4. The summed E-state index contributed by atoms with van der Waals surface area (Å²) in [5.74, 6) is 1.03. The molecule has 1 aliphatic rings. The highest BCUT2D eigenvalue weighted by molar-refractivity contribution is 8.18. The standard InChI is InChI=1S/C29H23ClN2O3S/c1-2-34-26-15-19(11-14-25(26)35-18-22-9-5-6-10-24(22)30)16-27-28(33)32-29(36-27)31-23-13-12-20-7-3-4-8-21(20)17-23/h3-17H,2,18H2,1H3,(H,31,32,33). The van der Waals surface area contributed by atoms with Crippen molar-refractivity contribution in [1.82, 2.24) is 5.32 Å². The van der Waals surface area contributed by atoms with E-state index in [2.05, 4.69) is 16.4 Å². The van der Waals surface area contributed by atoms with E-state index in [0.29, 0.717) is 39.8 Å². The third kappa shape index (κ3) is 5.56. The Morgan fingerprint density at radius 3 is 2.56 bits per heavy atom. The highest BCUT2D eigenvalue weighted by atomic mass is 35.5. The van der Waals surface area contributed by atoms with Crippen molar-refractivity contribution in [3.05, 3.63) is 106 Å². The van der Waals surface area contributed by atoms with E-state index >= 15 is 0 Å². The van der Waals surface area contributed by atoms with Crippen molar-refractivity contribution in [2.24, 2.45) is 4.99 Å². The first-order chi connectivity index (χ1) is 17.6. The van der Waals surface area contributed by atoms with E-state index in [1.54, 1.807) is 0 Å². The van der Waals surface area contributed by atoms with Crippen LogP contribution in [-0.4, -0.2) is 17.7 Å². The van der Waals surface area contributed by atoms with Crippen molar-refractivity contribution in [2.45, 2.75) is 13.5 Å². The number of hydrogen-bond acceptors (Lipinski definition) is 5. The Balaban J connectivity index is 1.34. The minimum absolute atomic E-state index is 0.184. The van der Waals surface area contributed by atoms with E-state index in [0.717, 1.165) is 27.6 Å². The van der Waals surface area contributed by atoms with Crippen LogP contribution < -0.4 is 14.8 Å². The number of carbonyl (C=O) groups is 1. The van der Waals surface area contributed by atoms with Gasteiger partial charge in [0.05, 0.1) is 17.2 Å². The SMILES string of the molecule is CCOc1cc(C=C2SC(=Nc3ccc4ccccc4c3)NC2=O)ccc1OCc1ccccc1Cl. The van der Waals surface area contributed by atoms with Crippen molar-refractivity contribution in [3.8, 4) is 11.5 Å². The van der Waals surface area contributed by atoms with Gasteiger partial charge in [-0.15, -0.1) is 0 Å². The summed E-state index contributed by atoms with van der Waals surface area (Å²) in [6.45, 7) is 2.73. The van der Waals surface area contributed by atoms with Crippen LogP contribution in [0.2, 0.25) is 5.02 Å². The van der Waals surface area contributed by atoms with E-state index in [1.807, 2.05) is 91.9 Å². The summed E-state index contributed by atoms with van der Waals surface area (Å²) in [5.41, 5.74) is 2.51. The van der Waals surface area contributed by atoms with Crippen molar-refractivity contribution in [2.75, 3.05) is 6.61 Å². The fourth-order valence-corrected chi connectivity index (χ4v) is 4.80. The Morgan fingerprint density at radius 2 is 1.72 bits per heavy atom. The van der Waals surface area contributed by atoms with Crippen LogP contribution in [0.4, 0.5) is 5.69 Å². The molecule has 1 saturated heterocycles. The molecule has 0 radical (unpaired) electrons. The van der Waals surface area contributed by atoms with Crippen LogP contribution in [0.3, 0.4) is 0 Å². The summed E-state index contributed by atoms with van der Waals surface area (Å²) in [4.78, 5) is 17.8. The van der Waals surface area contributed by atoms with Gasteiger partial charge in [-0.1, -0.05) is 66.2 Å². The number of hydrogen-bond donors (Lipinski definition) is 1. The first kappa shape index (κ1) is 24.0. The number of nitrogens with one attached hydrogen (secondary N) is 1. The van der Waals surface area contributed by atoms with Gasteiger partial charge in [0.2, 0.25) is 0 Å². The average Bonchev–Trinajstić information content (AvgIpc) is 3.22. The lowest BCUT2D eigenvalue weighted by atomic mass is 10.1. The second-order valence-electron chi connectivity index (χ2n) is 8.03. The quantitative estimate of drug-likeness (QED) is 0.262. The molecule has 1 heterocycles. The Kier molecular flexibility index (Phi) is 7.26. The number of ether oxygens (including phenoxy) is 2. The molecule has 180 valence electrons. The third-order valence-corrected chi connectivity index (χ3v) is 6.80. The molecule has 4 aromatic carbocycles. The van der Waals surface area contributed by atoms with Gasteiger partial charge in [0.1, 0.15) is 6.61 Å². The van der Waals surface area contributed by atoms with Gasteiger partial charge >= 0.3 is 0 Å². The van der Waals surface area contributed by atoms with E-state index in [-0.39, 0.29) is 5.91 Å². The molecule has 36 heavy (non-hydrogen) atoms. The van der Waals surface area contributed by atoms with Gasteiger partial charge in [-0.05, 0) is 71.4 Å². The number of carbonyl (C=O) groups excluding carboxylic acids is 1. The zero-order valence-corrected chi connectivity index (χ0v) is 21.1. The lowest BCUT2D eigenvalue weighted by Crippen LogP contribution is -2.19. The van der Waals surface area contributed by atoms with Crippen LogP contribution in [0.15, 0.2) is 94.8 Å². The topological polar surface area (TPSA) is 59.9 Å². The van der Waals surface area contributed by atoms with Gasteiger partial charge in [0, 0.05) is 10.6 Å². The third-order valence-electron chi connectivity index (χ3n) is 5.52.